The summed E-state index contributed by atoms with van der Waals surface area (Å²) < 4.78 is 41.7. The number of alkyl halides is 3. The van der Waals surface area contributed by atoms with E-state index in [1.165, 1.54) is 0 Å². The Balaban J connectivity index is 0.00000288. The number of carbonyl (C=O) groups is 2. The third-order valence-corrected chi connectivity index (χ3v) is 8.82. The number of benzene rings is 2. The molecule has 8 nitrogen and oxygen atoms in total. The Hall–Kier alpha value is -3.99. The van der Waals surface area contributed by atoms with Crippen LogP contribution in [0, 0.1) is 11.8 Å². The zero-order valence-electron chi connectivity index (χ0n) is 25.1. The molecule has 1 saturated carbocycles. The number of halogens is 3. The Bertz CT molecular complexity index is 1430. The van der Waals surface area contributed by atoms with Crippen molar-refractivity contribution in [3.8, 4) is 0 Å². The van der Waals surface area contributed by atoms with Crippen LogP contribution in [0.1, 0.15) is 74.1 Å². The number of hydrogen-bond donors (Lipinski definition) is 2. The van der Waals surface area contributed by atoms with Crippen LogP contribution in [-0.4, -0.2) is 64.8 Å². The summed E-state index contributed by atoms with van der Waals surface area (Å²) in [5, 5.41) is 5.94. The predicted octanol–water partition coefficient (Wildman–Crippen LogP) is 6.95. The number of nitrogens with one attached hydrogen (secondary N) is 2. The van der Waals surface area contributed by atoms with Crippen LogP contribution in [0.2, 0.25) is 0 Å². The van der Waals surface area contributed by atoms with Gasteiger partial charge in [-0.15, -0.1) is 0 Å². The van der Waals surface area contributed by atoms with Crippen LogP contribution in [0.4, 0.5) is 24.8 Å². The molecule has 1 aliphatic heterocycles. The van der Waals surface area contributed by atoms with Crippen molar-refractivity contribution < 1.29 is 22.8 Å². The third-order valence-electron chi connectivity index (χ3n) is 8.82. The van der Waals surface area contributed by atoms with E-state index in [-0.39, 0.29) is 62.6 Å². The standard InChI is InChI=1S/C33H39F3N6O2.2CH4/c1-41-16-14-27(15-17-41)42(2)31(44)24-10-12-26(13-11-24)39-32-38-21-28(33(34,35)36)29(40-32)19-23-8-9-25(18-23)30(43)37-20-22-6-4-3-5-7-22;;/h3-7,10-13,21,23,25,27H,8-9,14-20H2,1-2H3,(H,37,43)(H,38,39,40);2*1H4/t23-,25+;;/m1../s1. The monoisotopic (exact) mass is 640 g/mol. The molecular weight excluding hydrogens is 593 g/mol. The Morgan fingerprint density at radius 2 is 1.65 bits per heavy atom. The van der Waals surface area contributed by atoms with E-state index >= 15 is 0 Å². The highest BCUT2D eigenvalue weighted by Gasteiger charge is 2.37. The lowest BCUT2D eigenvalue weighted by Crippen LogP contribution is -2.44. The van der Waals surface area contributed by atoms with Gasteiger partial charge in [-0.2, -0.15) is 13.2 Å². The summed E-state index contributed by atoms with van der Waals surface area (Å²) >= 11 is 0. The van der Waals surface area contributed by atoms with Gasteiger partial charge in [-0.3, -0.25) is 9.59 Å². The molecule has 250 valence electrons. The van der Waals surface area contributed by atoms with Crippen LogP contribution < -0.4 is 10.6 Å². The zero-order valence-corrected chi connectivity index (χ0v) is 25.1. The molecule has 2 N–H and O–H groups in total. The molecule has 0 radical (unpaired) electrons. The molecule has 1 aliphatic carbocycles. The van der Waals surface area contributed by atoms with Crippen molar-refractivity contribution in [3.63, 3.8) is 0 Å². The average Bonchev–Trinajstić information content (AvgIpc) is 3.48. The van der Waals surface area contributed by atoms with Gasteiger partial charge in [0.05, 0.1) is 11.3 Å². The van der Waals surface area contributed by atoms with Crippen molar-refractivity contribution in [2.75, 3.05) is 32.5 Å². The highest BCUT2D eigenvalue weighted by molar-refractivity contribution is 5.94. The molecule has 2 fully saturated rings. The van der Waals surface area contributed by atoms with Crippen LogP contribution in [0.3, 0.4) is 0 Å². The molecule has 2 atom stereocenters. The van der Waals surface area contributed by atoms with Crippen molar-refractivity contribution >= 4 is 23.5 Å². The Morgan fingerprint density at radius 3 is 2.30 bits per heavy atom. The van der Waals surface area contributed by atoms with Crippen molar-refractivity contribution in [2.24, 2.45) is 11.8 Å². The fraction of sp³-hybridized carbons (Fsp3) is 0.486. The molecule has 5 rings (SSSR count). The van der Waals surface area contributed by atoms with Crippen LogP contribution in [0.25, 0.3) is 0 Å². The van der Waals surface area contributed by atoms with Crippen molar-refractivity contribution in [3.05, 3.63) is 83.2 Å². The quantitative estimate of drug-likeness (QED) is 0.263. The van der Waals surface area contributed by atoms with E-state index in [1.807, 2.05) is 37.4 Å². The number of likely N-dealkylation sites (tertiary alicyclic amines) is 1. The third kappa shape index (κ3) is 9.28. The van der Waals surface area contributed by atoms with E-state index < -0.39 is 11.7 Å². The number of nitrogens with zero attached hydrogens (tertiary/aromatic N) is 4. The van der Waals surface area contributed by atoms with Gasteiger partial charge in [-0.1, -0.05) is 45.2 Å². The van der Waals surface area contributed by atoms with Crippen LogP contribution in [-0.2, 0) is 23.9 Å². The summed E-state index contributed by atoms with van der Waals surface area (Å²) in [4.78, 5) is 38.0. The number of rotatable bonds is 9. The maximum absolute atomic E-state index is 13.9. The molecule has 0 spiro atoms. The molecule has 3 aromatic rings. The molecule has 0 unspecified atom stereocenters. The molecule has 1 saturated heterocycles. The van der Waals surface area contributed by atoms with E-state index in [0.29, 0.717) is 37.1 Å². The van der Waals surface area contributed by atoms with Gasteiger partial charge in [0.25, 0.3) is 5.91 Å². The summed E-state index contributed by atoms with van der Waals surface area (Å²) in [5.41, 5.74) is 1.14. The van der Waals surface area contributed by atoms with Gasteiger partial charge < -0.3 is 20.4 Å². The van der Waals surface area contributed by atoms with Crippen LogP contribution in [0.15, 0.2) is 60.8 Å². The van der Waals surface area contributed by atoms with Gasteiger partial charge in [0.15, 0.2) is 0 Å². The second-order valence-electron chi connectivity index (χ2n) is 12.0. The fourth-order valence-electron chi connectivity index (χ4n) is 6.15. The maximum Gasteiger partial charge on any atom is 0.419 e. The normalized spacial score (nSPS) is 18.6. The molecule has 2 amide bonds. The largest absolute Gasteiger partial charge is 0.419 e. The smallest absolute Gasteiger partial charge is 0.352 e. The van der Waals surface area contributed by atoms with Gasteiger partial charge >= 0.3 is 6.18 Å². The molecule has 2 heterocycles. The average molecular weight is 641 g/mol. The summed E-state index contributed by atoms with van der Waals surface area (Å²) in [6.07, 6.45) is -0.0456. The van der Waals surface area contributed by atoms with E-state index in [1.54, 1.807) is 29.2 Å². The zero-order chi connectivity index (χ0) is 31.3. The molecule has 46 heavy (non-hydrogen) atoms. The fourth-order valence-corrected chi connectivity index (χ4v) is 6.15. The first kappa shape index (κ1) is 36.5. The van der Waals surface area contributed by atoms with Crippen molar-refractivity contribution in [2.45, 2.75) is 72.1 Å². The maximum atomic E-state index is 13.9. The van der Waals surface area contributed by atoms with E-state index in [9.17, 15) is 22.8 Å². The molecule has 0 bridgehead atoms. The number of aromatic nitrogens is 2. The summed E-state index contributed by atoms with van der Waals surface area (Å²) in [7, 11) is 3.90. The van der Waals surface area contributed by atoms with Crippen molar-refractivity contribution in [1.29, 1.82) is 0 Å². The summed E-state index contributed by atoms with van der Waals surface area (Å²) in [5.74, 6) is -0.430. The van der Waals surface area contributed by atoms with E-state index in [0.717, 1.165) is 37.7 Å². The first-order chi connectivity index (χ1) is 21.1. The Morgan fingerprint density at radius 1 is 0.978 bits per heavy atom. The van der Waals surface area contributed by atoms with Crippen LogP contribution >= 0.6 is 0 Å². The van der Waals surface area contributed by atoms with Gasteiger partial charge in [0, 0.05) is 43.0 Å². The van der Waals surface area contributed by atoms with Gasteiger partial charge in [0.2, 0.25) is 11.9 Å². The number of carbonyl (C=O) groups excluding carboxylic acids is 2. The first-order valence-corrected chi connectivity index (χ1v) is 15.1. The van der Waals surface area contributed by atoms with Crippen molar-refractivity contribution in [1.82, 2.24) is 25.1 Å². The van der Waals surface area contributed by atoms with E-state index in [2.05, 4.69) is 32.5 Å². The minimum atomic E-state index is -4.60. The van der Waals surface area contributed by atoms with Gasteiger partial charge in [-0.25, -0.2) is 9.97 Å². The molecule has 11 heteroatoms. The first-order valence-electron chi connectivity index (χ1n) is 15.1. The molecular formula is C35H47F3N6O2. The second-order valence-corrected chi connectivity index (χ2v) is 12.0. The lowest BCUT2D eigenvalue weighted by atomic mass is 9.97. The second kappa shape index (κ2) is 16.0. The van der Waals surface area contributed by atoms with E-state index in [4.69, 9.17) is 0 Å². The Labute approximate surface area is 270 Å². The molecule has 2 aromatic carbocycles. The molecule has 2 aliphatic rings. The topological polar surface area (TPSA) is 90.5 Å². The number of anilines is 2. The Kier molecular flexibility index (Phi) is 12.7. The lowest BCUT2D eigenvalue weighted by Gasteiger charge is -2.35. The SMILES string of the molecule is C.C.CN1CCC(N(C)C(=O)c2ccc(Nc3ncc(C(F)(F)F)c(C[C@@H]4CC[C@H](C(=O)NCc5ccccc5)C4)n3)cc2)CC1. The minimum absolute atomic E-state index is 0. The number of piperidine rings is 1. The minimum Gasteiger partial charge on any atom is -0.352 e. The summed E-state index contributed by atoms with van der Waals surface area (Å²) in [6, 6.07) is 16.6. The number of hydrogen-bond acceptors (Lipinski definition) is 6. The van der Waals surface area contributed by atoms with Gasteiger partial charge in [0.1, 0.15) is 0 Å². The predicted molar refractivity (Wildman–Crippen MR) is 176 cm³/mol. The molecule has 1 aromatic heterocycles. The highest BCUT2D eigenvalue weighted by Crippen LogP contribution is 2.37. The number of amides is 2. The summed E-state index contributed by atoms with van der Waals surface area (Å²) in [6.45, 7) is 2.32. The highest BCUT2D eigenvalue weighted by atomic mass is 19.4. The van der Waals surface area contributed by atoms with Gasteiger partial charge in [-0.05, 0) is 94.4 Å². The van der Waals surface area contributed by atoms with Crippen LogP contribution in [0.5, 0.6) is 0 Å². The lowest BCUT2D eigenvalue weighted by molar-refractivity contribution is -0.138.